The van der Waals surface area contributed by atoms with Crippen molar-refractivity contribution in [3.63, 3.8) is 0 Å². The van der Waals surface area contributed by atoms with E-state index in [9.17, 15) is 4.79 Å². The Balaban J connectivity index is 1.86. The Bertz CT molecular complexity index is 693. The summed E-state index contributed by atoms with van der Waals surface area (Å²) in [7, 11) is 1.86. The van der Waals surface area contributed by atoms with Gasteiger partial charge in [0.25, 0.3) is 0 Å². The predicted octanol–water partition coefficient (Wildman–Crippen LogP) is 3.54. The fourth-order valence-corrected chi connectivity index (χ4v) is 2.19. The Kier molecular flexibility index (Phi) is 6.06. The third kappa shape index (κ3) is 5.68. The molecule has 0 bridgehead atoms. The van der Waals surface area contributed by atoms with Crippen LogP contribution in [0.3, 0.4) is 0 Å². The minimum atomic E-state index is -0.226. The number of nitrogens with one attached hydrogen (secondary N) is 1. The second kappa shape index (κ2) is 8.25. The van der Waals surface area contributed by atoms with Crippen LogP contribution in [0.2, 0.25) is 0 Å². The van der Waals surface area contributed by atoms with Crippen LogP contribution in [0, 0.1) is 6.92 Å². The second-order valence-corrected chi connectivity index (χ2v) is 5.77. The lowest BCUT2D eigenvalue weighted by molar-refractivity contribution is -0.115. The maximum Gasteiger partial charge on any atom is 0.250 e. The van der Waals surface area contributed by atoms with Crippen molar-refractivity contribution in [3.8, 4) is 0 Å². The maximum absolute atomic E-state index is 11.9. The molecule has 2 rings (SSSR count). The molecule has 3 nitrogen and oxygen atoms in total. The molecule has 0 heterocycles. The summed E-state index contributed by atoms with van der Waals surface area (Å²) in [6.07, 6.45) is 3.27. The number of amides is 1. The number of benzene rings is 2. The molecule has 0 fully saturated rings. The third-order valence-corrected chi connectivity index (χ3v) is 3.76. The summed E-state index contributed by atoms with van der Waals surface area (Å²) >= 11 is 5.26. The number of hydrogen-bond acceptors (Lipinski definition) is 2. The number of thiocarbonyl (C=S) groups is 1. The Labute approximate surface area is 142 Å². The highest BCUT2D eigenvalue weighted by Gasteiger charge is 2.07. The van der Waals surface area contributed by atoms with E-state index in [0.29, 0.717) is 11.7 Å². The molecule has 23 heavy (non-hydrogen) atoms. The van der Waals surface area contributed by atoms with E-state index in [4.69, 9.17) is 12.2 Å². The van der Waals surface area contributed by atoms with Gasteiger partial charge in [-0.3, -0.25) is 10.1 Å². The van der Waals surface area contributed by atoms with Gasteiger partial charge < -0.3 is 4.90 Å². The molecule has 4 heteroatoms. The zero-order valence-electron chi connectivity index (χ0n) is 13.3. The van der Waals surface area contributed by atoms with E-state index in [1.165, 1.54) is 11.6 Å². The Morgan fingerprint density at radius 2 is 1.78 bits per heavy atom. The molecular formula is C19H20N2OS. The van der Waals surface area contributed by atoms with Crippen LogP contribution in [0.15, 0.2) is 60.7 Å². The molecule has 0 aliphatic heterocycles. The van der Waals surface area contributed by atoms with Gasteiger partial charge in [-0.25, -0.2) is 0 Å². The lowest BCUT2D eigenvalue weighted by Gasteiger charge is -2.19. The van der Waals surface area contributed by atoms with Crippen molar-refractivity contribution in [2.75, 3.05) is 7.05 Å². The van der Waals surface area contributed by atoms with Gasteiger partial charge in [0.2, 0.25) is 5.91 Å². The van der Waals surface area contributed by atoms with Crippen molar-refractivity contribution in [2.24, 2.45) is 0 Å². The van der Waals surface area contributed by atoms with Gasteiger partial charge in [0.05, 0.1) is 0 Å². The molecule has 118 valence electrons. The van der Waals surface area contributed by atoms with E-state index in [-0.39, 0.29) is 5.91 Å². The highest BCUT2D eigenvalue weighted by atomic mass is 32.1. The predicted molar refractivity (Wildman–Crippen MR) is 98.9 cm³/mol. The molecule has 0 spiro atoms. The summed E-state index contributed by atoms with van der Waals surface area (Å²) in [5, 5.41) is 3.12. The zero-order valence-corrected chi connectivity index (χ0v) is 14.1. The van der Waals surface area contributed by atoms with Gasteiger partial charge in [-0.15, -0.1) is 0 Å². The number of rotatable bonds is 4. The summed E-state index contributed by atoms with van der Waals surface area (Å²) in [5.41, 5.74) is 3.31. The van der Waals surface area contributed by atoms with E-state index in [1.54, 1.807) is 6.08 Å². The summed E-state index contributed by atoms with van der Waals surface area (Å²) in [6, 6.07) is 17.9. The van der Waals surface area contributed by atoms with Crippen LogP contribution in [-0.2, 0) is 11.3 Å². The lowest BCUT2D eigenvalue weighted by Crippen LogP contribution is -2.39. The maximum atomic E-state index is 11.9. The molecule has 0 saturated heterocycles. The first kappa shape index (κ1) is 16.9. The van der Waals surface area contributed by atoms with E-state index >= 15 is 0 Å². The molecular weight excluding hydrogens is 304 g/mol. The van der Waals surface area contributed by atoms with Crippen LogP contribution >= 0.6 is 12.2 Å². The fraction of sp³-hybridized carbons (Fsp3) is 0.158. The summed E-state index contributed by atoms with van der Waals surface area (Å²) in [6.45, 7) is 2.68. The minimum Gasteiger partial charge on any atom is -0.348 e. The summed E-state index contributed by atoms with van der Waals surface area (Å²) in [4.78, 5) is 13.8. The highest BCUT2D eigenvalue weighted by molar-refractivity contribution is 7.80. The van der Waals surface area contributed by atoms with Crippen molar-refractivity contribution in [1.29, 1.82) is 0 Å². The van der Waals surface area contributed by atoms with E-state index < -0.39 is 0 Å². The minimum absolute atomic E-state index is 0.226. The summed E-state index contributed by atoms with van der Waals surface area (Å²) < 4.78 is 0. The average Bonchev–Trinajstić information content (AvgIpc) is 2.55. The van der Waals surface area contributed by atoms with Crippen LogP contribution < -0.4 is 5.32 Å². The van der Waals surface area contributed by atoms with Crippen LogP contribution in [-0.4, -0.2) is 23.0 Å². The quantitative estimate of drug-likeness (QED) is 0.690. The molecule has 0 saturated carbocycles. The van der Waals surface area contributed by atoms with Crippen molar-refractivity contribution >= 4 is 29.3 Å². The zero-order chi connectivity index (χ0) is 16.7. The molecule has 0 unspecified atom stereocenters. The number of hydrogen-bond donors (Lipinski definition) is 1. The van der Waals surface area contributed by atoms with E-state index in [1.807, 2.05) is 73.5 Å². The van der Waals surface area contributed by atoms with Gasteiger partial charge in [0, 0.05) is 19.7 Å². The number of carbonyl (C=O) groups excluding carboxylic acids is 1. The van der Waals surface area contributed by atoms with Gasteiger partial charge in [0.1, 0.15) is 0 Å². The van der Waals surface area contributed by atoms with E-state index in [2.05, 4.69) is 5.32 Å². The molecule has 0 aliphatic carbocycles. The normalized spacial score (nSPS) is 10.5. The molecule has 0 atom stereocenters. The van der Waals surface area contributed by atoms with Gasteiger partial charge in [-0.05, 0) is 36.3 Å². The van der Waals surface area contributed by atoms with Crippen molar-refractivity contribution in [3.05, 3.63) is 77.4 Å². The standard InChI is InChI=1S/C19H20N2OS/c1-15-8-10-16(11-9-15)12-13-18(22)20-19(23)21(2)14-17-6-4-3-5-7-17/h3-13H,14H2,1-2H3,(H,20,22,23). The summed E-state index contributed by atoms with van der Waals surface area (Å²) in [5.74, 6) is -0.226. The number of nitrogens with zero attached hydrogens (tertiary/aromatic N) is 1. The number of carbonyl (C=O) groups is 1. The Morgan fingerprint density at radius 3 is 2.43 bits per heavy atom. The molecule has 2 aromatic carbocycles. The van der Waals surface area contributed by atoms with Gasteiger partial charge >= 0.3 is 0 Å². The van der Waals surface area contributed by atoms with Crippen molar-refractivity contribution in [2.45, 2.75) is 13.5 Å². The van der Waals surface area contributed by atoms with Crippen LogP contribution in [0.5, 0.6) is 0 Å². The van der Waals surface area contributed by atoms with Gasteiger partial charge in [-0.2, -0.15) is 0 Å². The third-order valence-electron chi connectivity index (χ3n) is 3.34. The van der Waals surface area contributed by atoms with Crippen LogP contribution in [0.1, 0.15) is 16.7 Å². The first-order chi connectivity index (χ1) is 11.0. The SMILES string of the molecule is Cc1ccc(C=CC(=O)NC(=S)N(C)Cc2ccccc2)cc1. The Morgan fingerprint density at radius 1 is 1.13 bits per heavy atom. The molecule has 0 aliphatic rings. The smallest absolute Gasteiger partial charge is 0.250 e. The molecule has 1 N–H and O–H groups in total. The topological polar surface area (TPSA) is 32.3 Å². The highest BCUT2D eigenvalue weighted by Crippen LogP contribution is 2.05. The van der Waals surface area contributed by atoms with E-state index in [0.717, 1.165) is 11.1 Å². The van der Waals surface area contributed by atoms with Gasteiger partial charge in [-0.1, -0.05) is 60.2 Å². The van der Waals surface area contributed by atoms with Crippen molar-refractivity contribution in [1.82, 2.24) is 10.2 Å². The fourth-order valence-electron chi connectivity index (χ4n) is 2.02. The second-order valence-electron chi connectivity index (χ2n) is 5.38. The molecule has 1 amide bonds. The van der Waals surface area contributed by atoms with Crippen LogP contribution in [0.4, 0.5) is 0 Å². The largest absolute Gasteiger partial charge is 0.348 e. The molecule has 2 aromatic rings. The first-order valence-corrected chi connectivity index (χ1v) is 7.80. The lowest BCUT2D eigenvalue weighted by atomic mass is 10.1. The molecule has 0 aromatic heterocycles. The van der Waals surface area contributed by atoms with Gasteiger partial charge in [0.15, 0.2) is 5.11 Å². The Hall–Kier alpha value is -2.46. The monoisotopic (exact) mass is 324 g/mol. The first-order valence-electron chi connectivity index (χ1n) is 7.39. The molecule has 0 radical (unpaired) electrons. The van der Waals surface area contributed by atoms with Crippen LogP contribution in [0.25, 0.3) is 6.08 Å². The number of aryl methyl sites for hydroxylation is 1. The average molecular weight is 324 g/mol. The van der Waals surface area contributed by atoms with Crippen molar-refractivity contribution < 1.29 is 4.79 Å².